The van der Waals surface area contributed by atoms with Crippen molar-refractivity contribution in [1.82, 2.24) is 0 Å². The Balaban J connectivity index is 0.00000157. The molecule has 25 heavy (non-hydrogen) atoms. The van der Waals surface area contributed by atoms with Crippen LogP contribution in [0.1, 0.15) is 45.2 Å². The molecule has 0 fully saturated rings. The molecule has 125 valence electrons. The van der Waals surface area contributed by atoms with Gasteiger partial charge in [0.2, 0.25) is 0 Å². The van der Waals surface area contributed by atoms with E-state index in [2.05, 4.69) is 79.7 Å². The largest absolute Gasteiger partial charge is 0.184 e. The number of fused-ring (bicyclic) bond motifs is 4. The number of rotatable bonds is 1. The molecule has 2 aliphatic carbocycles. The van der Waals surface area contributed by atoms with Gasteiger partial charge in [-0.05, 0) is 41.9 Å². The van der Waals surface area contributed by atoms with Crippen molar-refractivity contribution in [2.75, 3.05) is 0 Å². The Kier molecular flexibility index (Phi) is 4.40. The van der Waals surface area contributed by atoms with Crippen LogP contribution in [0.4, 0.5) is 0 Å². The van der Waals surface area contributed by atoms with Crippen molar-refractivity contribution in [3.8, 4) is 0 Å². The third-order valence-corrected chi connectivity index (χ3v) is 6.02. The van der Waals surface area contributed by atoms with Gasteiger partial charge in [0.15, 0.2) is 0 Å². The molecule has 0 saturated heterocycles. The van der Waals surface area contributed by atoms with E-state index in [0.717, 1.165) is 0 Å². The molecule has 5 rings (SSSR count). The van der Waals surface area contributed by atoms with Crippen LogP contribution in [0, 0.1) is 18.9 Å². The zero-order valence-corrected chi connectivity index (χ0v) is 17.1. The molecule has 0 unspecified atom stereocenters. The monoisotopic (exact) mass is 496 g/mol. The average molecular weight is 496 g/mol. The Bertz CT molecular complexity index is 897. The second-order valence-corrected chi connectivity index (χ2v) is 7.39. The van der Waals surface area contributed by atoms with E-state index in [9.17, 15) is 0 Å². The van der Waals surface area contributed by atoms with E-state index in [4.69, 9.17) is 0 Å². The topological polar surface area (TPSA) is 0 Å². The molecule has 0 bridgehead atoms. The molecule has 3 atom stereocenters. The van der Waals surface area contributed by atoms with Crippen molar-refractivity contribution in [3.63, 3.8) is 0 Å². The van der Waals surface area contributed by atoms with Crippen LogP contribution in [-0.4, -0.2) is 0 Å². The summed E-state index contributed by atoms with van der Waals surface area (Å²) in [5, 5.41) is 0. The minimum atomic E-state index is 0. The van der Waals surface area contributed by atoms with E-state index >= 15 is 0 Å². The Morgan fingerprint density at radius 2 is 1.72 bits per heavy atom. The van der Waals surface area contributed by atoms with Crippen molar-refractivity contribution in [3.05, 3.63) is 106 Å². The molecular formula is C24H21Re-. The van der Waals surface area contributed by atoms with E-state index in [1.54, 1.807) is 11.1 Å². The second kappa shape index (κ2) is 6.56. The van der Waals surface area contributed by atoms with Crippen molar-refractivity contribution < 1.29 is 20.4 Å². The fourth-order valence-electron chi connectivity index (χ4n) is 5.00. The molecule has 0 aromatic heterocycles. The first-order chi connectivity index (χ1) is 11.8. The maximum Gasteiger partial charge on any atom is 0.0119 e. The second-order valence-electron chi connectivity index (χ2n) is 7.39. The van der Waals surface area contributed by atoms with Gasteiger partial charge < -0.3 is 0 Å². The van der Waals surface area contributed by atoms with Crippen LogP contribution in [0.3, 0.4) is 0 Å². The Hall–Kier alpha value is -1.68. The van der Waals surface area contributed by atoms with Crippen molar-refractivity contribution in [1.29, 1.82) is 0 Å². The number of aryl methyl sites for hydroxylation is 1. The van der Waals surface area contributed by atoms with Gasteiger partial charge in [0.25, 0.3) is 0 Å². The maximum atomic E-state index is 3.29. The van der Waals surface area contributed by atoms with E-state index < -0.39 is 0 Å². The van der Waals surface area contributed by atoms with Gasteiger partial charge in [0.1, 0.15) is 0 Å². The van der Waals surface area contributed by atoms with Crippen molar-refractivity contribution >= 4 is 0 Å². The quantitative estimate of drug-likeness (QED) is 0.395. The summed E-state index contributed by atoms with van der Waals surface area (Å²) in [4.78, 5) is 0. The van der Waals surface area contributed by atoms with Crippen molar-refractivity contribution in [2.24, 2.45) is 5.92 Å². The minimum absolute atomic E-state index is 0. The van der Waals surface area contributed by atoms with Crippen LogP contribution in [0.15, 0.2) is 66.7 Å². The van der Waals surface area contributed by atoms with Crippen molar-refractivity contribution in [2.45, 2.75) is 31.6 Å². The van der Waals surface area contributed by atoms with Crippen LogP contribution in [0.25, 0.3) is 0 Å². The first-order valence-electron chi connectivity index (χ1n) is 8.94. The number of benzene rings is 3. The molecule has 3 aromatic rings. The van der Waals surface area contributed by atoms with E-state index in [0.29, 0.717) is 17.8 Å². The fraction of sp³-hybridized carbons (Fsp3) is 0.250. The summed E-state index contributed by atoms with van der Waals surface area (Å²) in [5.41, 5.74) is 9.01. The Morgan fingerprint density at radius 3 is 2.56 bits per heavy atom. The predicted molar refractivity (Wildman–Crippen MR) is 98.4 cm³/mol. The Labute approximate surface area is 164 Å². The van der Waals surface area contributed by atoms with Crippen LogP contribution < -0.4 is 0 Å². The van der Waals surface area contributed by atoms with Gasteiger partial charge in [-0.3, -0.25) is 0 Å². The summed E-state index contributed by atoms with van der Waals surface area (Å²) in [6.07, 6.45) is 2.37. The van der Waals surface area contributed by atoms with Gasteiger partial charge >= 0.3 is 0 Å². The molecule has 3 aromatic carbocycles. The van der Waals surface area contributed by atoms with Gasteiger partial charge in [0.05, 0.1) is 0 Å². The molecule has 1 radical (unpaired) electrons. The van der Waals surface area contributed by atoms with Crippen LogP contribution in [0.5, 0.6) is 0 Å². The molecular weight excluding hydrogens is 474 g/mol. The van der Waals surface area contributed by atoms with E-state index in [1.807, 2.05) is 0 Å². The number of hydrogen-bond donors (Lipinski definition) is 0. The van der Waals surface area contributed by atoms with Gasteiger partial charge in [-0.25, -0.2) is 0 Å². The molecule has 0 amide bonds. The first kappa shape index (κ1) is 16.8. The normalized spacial score (nSPS) is 23.2. The van der Waals surface area contributed by atoms with Crippen LogP contribution >= 0.6 is 0 Å². The molecule has 0 heterocycles. The molecule has 0 spiro atoms. The summed E-state index contributed by atoms with van der Waals surface area (Å²) < 4.78 is 0. The predicted octanol–water partition coefficient (Wildman–Crippen LogP) is 5.44. The summed E-state index contributed by atoms with van der Waals surface area (Å²) in [5.74, 6) is 1.83. The van der Waals surface area contributed by atoms with Gasteiger partial charge in [-0.2, -0.15) is 35.4 Å². The van der Waals surface area contributed by atoms with Gasteiger partial charge in [-0.1, -0.05) is 60.5 Å². The van der Waals surface area contributed by atoms with Gasteiger partial charge in [0, 0.05) is 26.3 Å². The maximum absolute atomic E-state index is 3.29. The van der Waals surface area contributed by atoms with Crippen LogP contribution in [0.2, 0.25) is 0 Å². The average Bonchev–Trinajstić information content (AvgIpc) is 2.98. The minimum Gasteiger partial charge on any atom is -0.184 e. The fourth-order valence-corrected chi connectivity index (χ4v) is 5.00. The third kappa shape index (κ3) is 2.71. The molecule has 0 nitrogen and oxygen atoms in total. The number of hydrogen-bond acceptors (Lipinski definition) is 0. The van der Waals surface area contributed by atoms with E-state index in [-0.39, 0.29) is 20.4 Å². The summed E-state index contributed by atoms with van der Waals surface area (Å²) in [6.45, 7) is 2.22. The molecule has 0 N–H and O–H groups in total. The summed E-state index contributed by atoms with van der Waals surface area (Å²) >= 11 is 0. The van der Waals surface area contributed by atoms with Crippen LogP contribution in [-0.2, 0) is 33.3 Å². The van der Waals surface area contributed by atoms with Gasteiger partial charge in [-0.15, -0.1) is 0 Å². The zero-order valence-electron chi connectivity index (χ0n) is 14.4. The first-order valence-corrected chi connectivity index (χ1v) is 8.94. The molecule has 1 heteroatoms. The standard InChI is InChI=1S/C24H21.Re/c1-16-11-12-19-14-22-20-10-6-5-9-18(20)15-23(22)24(21(19)13-16)17-7-3-2-4-8-17;/h2-4,6-13,22-24H,14-15H2,1H3;/q-1;/t22-,23+,24+;/m0./s1. The molecule has 0 saturated carbocycles. The Morgan fingerprint density at radius 1 is 0.880 bits per heavy atom. The smallest absolute Gasteiger partial charge is 0.0119 e. The molecule has 2 aliphatic rings. The molecule has 0 aliphatic heterocycles. The van der Waals surface area contributed by atoms with E-state index in [1.165, 1.54) is 35.1 Å². The SMILES string of the molecule is Cc1ccc2c(c1)[C@@H](c1ccccc1)[C@@H]1Cc3c[c-]ccc3[C@@H]1C2.[Re]. The summed E-state index contributed by atoms with van der Waals surface area (Å²) in [7, 11) is 0. The zero-order chi connectivity index (χ0) is 16.1. The summed E-state index contributed by atoms with van der Waals surface area (Å²) in [6, 6.07) is 28.1. The third-order valence-electron chi connectivity index (χ3n) is 6.02.